The van der Waals surface area contributed by atoms with E-state index in [1.54, 1.807) is 23.9 Å². The van der Waals surface area contributed by atoms with Crippen molar-refractivity contribution in [1.82, 2.24) is 0 Å². The zero-order valence-electron chi connectivity index (χ0n) is 11.1. The quantitative estimate of drug-likeness (QED) is 0.487. The molecule has 0 atom stereocenters. The fraction of sp³-hybridized carbons (Fsp3) is 0.188. The summed E-state index contributed by atoms with van der Waals surface area (Å²) in [4.78, 5) is 13.5. The van der Waals surface area contributed by atoms with Crippen molar-refractivity contribution in [1.29, 1.82) is 0 Å². The second-order valence-electron chi connectivity index (χ2n) is 4.87. The molecule has 0 aliphatic heterocycles. The summed E-state index contributed by atoms with van der Waals surface area (Å²) in [6, 6.07) is 10.8. The minimum atomic E-state index is -0.0324. The van der Waals surface area contributed by atoms with E-state index in [1.807, 2.05) is 24.3 Å². The van der Waals surface area contributed by atoms with Gasteiger partial charge in [0.15, 0.2) is 5.58 Å². The predicted octanol–water partition coefficient (Wildman–Crippen LogP) is 5.10. The van der Waals surface area contributed by atoms with Crippen LogP contribution in [0.3, 0.4) is 0 Å². The summed E-state index contributed by atoms with van der Waals surface area (Å²) >= 11 is 7.78. The van der Waals surface area contributed by atoms with Crippen LogP contribution in [0.5, 0.6) is 0 Å². The molecule has 3 aromatic rings. The molecule has 0 radical (unpaired) electrons. The van der Waals surface area contributed by atoms with Crippen LogP contribution in [0.15, 0.2) is 50.5 Å². The lowest BCUT2D eigenvalue weighted by Gasteiger charge is -2.09. The van der Waals surface area contributed by atoms with Crippen molar-refractivity contribution in [3.05, 3.63) is 51.6 Å². The van der Waals surface area contributed by atoms with E-state index in [0.29, 0.717) is 32.2 Å². The van der Waals surface area contributed by atoms with Crippen molar-refractivity contribution in [2.45, 2.75) is 24.0 Å². The number of hydrogen-bond acceptors (Lipinski definition) is 3. The highest BCUT2D eigenvalue weighted by molar-refractivity contribution is 8.00. The molecule has 0 aliphatic rings. The van der Waals surface area contributed by atoms with E-state index >= 15 is 0 Å². The molecule has 0 spiro atoms. The van der Waals surface area contributed by atoms with Crippen molar-refractivity contribution < 1.29 is 4.42 Å². The monoisotopic (exact) mass is 304 g/mol. The Hall–Kier alpha value is -1.45. The SMILES string of the molecule is CC(C)Sc1cc(Cl)cc2c(=O)c3ccccc3oc12. The van der Waals surface area contributed by atoms with E-state index in [2.05, 4.69) is 13.8 Å². The highest BCUT2D eigenvalue weighted by atomic mass is 35.5. The van der Waals surface area contributed by atoms with E-state index in [4.69, 9.17) is 16.0 Å². The fourth-order valence-electron chi connectivity index (χ4n) is 2.18. The van der Waals surface area contributed by atoms with Gasteiger partial charge in [0, 0.05) is 10.3 Å². The second kappa shape index (κ2) is 5.15. The Morgan fingerprint density at radius 1 is 1.15 bits per heavy atom. The third kappa shape index (κ3) is 2.32. The molecule has 2 aromatic carbocycles. The van der Waals surface area contributed by atoms with Gasteiger partial charge in [-0.3, -0.25) is 4.79 Å². The summed E-state index contributed by atoms with van der Waals surface area (Å²) in [6.45, 7) is 4.19. The lowest BCUT2D eigenvalue weighted by atomic mass is 10.1. The Labute approximate surface area is 125 Å². The van der Waals surface area contributed by atoms with E-state index in [0.717, 1.165) is 4.90 Å². The standard InChI is InChI=1S/C16H13ClO2S/c1-9(2)20-14-8-10(17)7-12-15(18)11-5-3-4-6-13(11)19-16(12)14/h3-9H,1-2H3. The molecule has 0 N–H and O–H groups in total. The number of hydrogen-bond donors (Lipinski definition) is 0. The van der Waals surface area contributed by atoms with Gasteiger partial charge in [0.2, 0.25) is 5.43 Å². The van der Waals surface area contributed by atoms with Crippen molar-refractivity contribution in [3.63, 3.8) is 0 Å². The highest BCUT2D eigenvalue weighted by Crippen LogP contribution is 2.34. The molecule has 2 nitrogen and oxygen atoms in total. The molecule has 1 heterocycles. The van der Waals surface area contributed by atoms with Crippen LogP contribution in [0.2, 0.25) is 5.02 Å². The van der Waals surface area contributed by atoms with Gasteiger partial charge >= 0.3 is 0 Å². The number of para-hydroxylation sites is 1. The lowest BCUT2D eigenvalue weighted by Crippen LogP contribution is -2.03. The maximum Gasteiger partial charge on any atom is 0.200 e. The van der Waals surface area contributed by atoms with E-state index in [9.17, 15) is 4.79 Å². The zero-order valence-corrected chi connectivity index (χ0v) is 12.7. The topological polar surface area (TPSA) is 30.2 Å². The van der Waals surface area contributed by atoms with Gasteiger partial charge in [0.25, 0.3) is 0 Å². The van der Waals surface area contributed by atoms with Gasteiger partial charge < -0.3 is 4.42 Å². The van der Waals surface area contributed by atoms with Crippen molar-refractivity contribution in [3.8, 4) is 0 Å². The number of thioether (sulfide) groups is 1. The van der Waals surface area contributed by atoms with Gasteiger partial charge in [0.1, 0.15) is 5.58 Å². The average Bonchev–Trinajstić information content (AvgIpc) is 2.40. The molecule has 1 aromatic heterocycles. The fourth-order valence-corrected chi connectivity index (χ4v) is 3.43. The van der Waals surface area contributed by atoms with Gasteiger partial charge in [0.05, 0.1) is 15.7 Å². The molecular formula is C16H13ClO2S. The van der Waals surface area contributed by atoms with Crippen molar-refractivity contribution >= 4 is 45.3 Å². The van der Waals surface area contributed by atoms with Gasteiger partial charge in [-0.2, -0.15) is 0 Å². The molecular weight excluding hydrogens is 292 g/mol. The summed E-state index contributed by atoms with van der Waals surface area (Å²) in [5.41, 5.74) is 1.20. The van der Waals surface area contributed by atoms with Gasteiger partial charge in [-0.25, -0.2) is 0 Å². The van der Waals surface area contributed by atoms with Crippen LogP contribution in [-0.2, 0) is 0 Å². The van der Waals surface area contributed by atoms with Crippen LogP contribution in [0.4, 0.5) is 0 Å². The third-order valence-corrected chi connectivity index (χ3v) is 4.22. The Bertz CT molecular complexity index is 852. The molecule has 0 aliphatic carbocycles. The summed E-state index contributed by atoms with van der Waals surface area (Å²) in [5, 5.41) is 2.07. The summed E-state index contributed by atoms with van der Waals surface area (Å²) in [7, 11) is 0. The smallest absolute Gasteiger partial charge is 0.200 e. The average molecular weight is 305 g/mol. The van der Waals surface area contributed by atoms with Crippen molar-refractivity contribution in [2.24, 2.45) is 0 Å². The molecule has 102 valence electrons. The normalized spacial score (nSPS) is 11.6. The second-order valence-corrected chi connectivity index (χ2v) is 6.93. The largest absolute Gasteiger partial charge is 0.455 e. The molecule has 20 heavy (non-hydrogen) atoms. The molecule has 0 amide bonds. The van der Waals surface area contributed by atoms with E-state index < -0.39 is 0 Å². The van der Waals surface area contributed by atoms with Gasteiger partial charge in [-0.15, -0.1) is 11.8 Å². The van der Waals surface area contributed by atoms with Crippen LogP contribution in [-0.4, -0.2) is 5.25 Å². The van der Waals surface area contributed by atoms with Crippen LogP contribution in [0, 0.1) is 0 Å². The predicted molar refractivity (Wildman–Crippen MR) is 86.0 cm³/mol. The highest BCUT2D eigenvalue weighted by Gasteiger charge is 2.13. The first-order valence-electron chi connectivity index (χ1n) is 6.38. The Morgan fingerprint density at radius 2 is 1.90 bits per heavy atom. The molecule has 4 heteroatoms. The maximum absolute atomic E-state index is 12.6. The van der Waals surface area contributed by atoms with Gasteiger partial charge in [-0.1, -0.05) is 37.6 Å². The van der Waals surface area contributed by atoms with Gasteiger partial charge in [-0.05, 0) is 24.3 Å². The summed E-state index contributed by atoms with van der Waals surface area (Å²) in [5.74, 6) is 0. The first kappa shape index (κ1) is 13.5. The number of rotatable bonds is 2. The minimum absolute atomic E-state index is 0.0324. The maximum atomic E-state index is 12.6. The van der Waals surface area contributed by atoms with E-state index in [1.165, 1.54) is 0 Å². The van der Waals surface area contributed by atoms with E-state index in [-0.39, 0.29) is 5.43 Å². The molecule has 0 saturated heterocycles. The molecule has 0 unspecified atom stereocenters. The lowest BCUT2D eigenvalue weighted by molar-refractivity contribution is 0.651. The zero-order chi connectivity index (χ0) is 14.3. The van der Waals surface area contributed by atoms with Crippen LogP contribution in [0.25, 0.3) is 21.9 Å². The third-order valence-electron chi connectivity index (χ3n) is 2.97. The Morgan fingerprint density at radius 3 is 2.65 bits per heavy atom. The first-order valence-corrected chi connectivity index (χ1v) is 7.64. The minimum Gasteiger partial charge on any atom is -0.455 e. The van der Waals surface area contributed by atoms with Crippen LogP contribution >= 0.6 is 23.4 Å². The summed E-state index contributed by atoms with van der Waals surface area (Å²) in [6.07, 6.45) is 0. The molecule has 0 fully saturated rings. The Balaban J connectivity index is 2.44. The van der Waals surface area contributed by atoms with Crippen molar-refractivity contribution in [2.75, 3.05) is 0 Å². The number of benzene rings is 2. The number of halogens is 1. The first-order chi connectivity index (χ1) is 9.56. The molecule has 0 bridgehead atoms. The van der Waals surface area contributed by atoms with Crippen LogP contribution in [0.1, 0.15) is 13.8 Å². The number of fused-ring (bicyclic) bond motifs is 2. The Kier molecular flexibility index (Phi) is 3.48. The molecule has 0 saturated carbocycles. The summed E-state index contributed by atoms with van der Waals surface area (Å²) < 4.78 is 5.93. The van der Waals surface area contributed by atoms with Crippen LogP contribution < -0.4 is 5.43 Å². The molecule has 3 rings (SSSR count).